The molecule has 1 aromatic heterocycles. The number of carbonyl (C=O) groups excluding carboxylic acids is 2. The SMILES string of the molecule is CCOC(=O)CCNCC1Cc2c(n(Cc3ccc(F)cc3)c3ccccc23)CN1C(=O)OC(C)(C)C. The van der Waals surface area contributed by atoms with Gasteiger partial charge in [-0.3, -0.25) is 9.69 Å². The fourth-order valence-corrected chi connectivity index (χ4v) is 4.83. The van der Waals surface area contributed by atoms with Crippen LogP contribution in [0.2, 0.25) is 0 Å². The summed E-state index contributed by atoms with van der Waals surface area (Å²) in [6.07, 6.45) is 0.557. The second-order valence-corrected chi connectivity index (χ2v) is 10.4. The molecule has 0 saturated heterocycles. The molecule has 0 saturated carbocycles. The molecule has 0 fully saturated rings. The molecular formula is C29H36FN3O4. The van der Waals surface area contributed by atoms with Crippen LogP contribution >= 0.6 is 0 Å². The van der Waals surface area contributed by atoms with Crippen LogP contribution in [0.1, 0.15) is 50.9 Å². The van der Waals surface area contributed by atoms with Crippen molar-refractivity contribution < 1.29 is 23.5 Å². The van der Waals surface area contributed by atoms with Gasteiger partial charge < -0.3 is 19.4 Å². The molecule has 2 aromatic carbocycles. The van der Waals surface area contributed by atoms with E-state index in [2.05, 4.69) is 22.0 Å². The van der Waals surface area contributed by atoms with Crippen LogP contribution in [0.15, 0.2) is 48.5 Å². The van der Waals surface area contributed by atoms with Gasteiger partial charge in [-0.2, -0.15) is 0 Å². The molecule has 2 heterocycles. The Labute approximate surface area is 217 Å². The Morgan fingerprint density at radius 2 is 1.84 bits per heavy atom. The number of halogens is 1. The van der Waals surface area contributed by atoms with Crippen molar-refractivity contribution in [3.05, 3.63) is 71.2 Å². The average molecular weight is 510 g/mol. The van der Waals surface area contributed by atoms with Gasteiger partial charge in [0.1, 0.15) is 11.4 Å². The monoisotopic (exact) mass is 509 g/mol. The van der Waals surface area contributed by atoms with Crippen LogP contribution < -0.4 is 5.32 Å². The maximum atomic E-state index is 13.5. The lowest BCUT2D eigenvalue weighted by Gasteiger charge is -2.37. The third kappa shape index (κ3) is 6.49. The molecule has 1 N–H and O–H groups in total. The number of carbonyl (C=O) groups is 2. The molecule has 0 spiro atoms. The molecule has 3 aromatic rings. The number of fused-ring (bicyclic) bond motifs is 3. The molecule has 1 unspecified atom stereocenters. The Morgan fingerprint density at radius 3 is 2.54 bits per heavy atom. The van der Waals surface area contributed by atoms with Gasteiger partial charge in [0.25, 0.3) is 0 Å². The normalized spacial score (nSPS) is 15.5. The minimum absolute atomic E-state index is 0.144. The predicted octanol–water partition coefficient (Wildman–Crippen LogP) is 5.03. The molecule has 0 aliphatic carbocycles. The van der Waals surface area contributed by atoms with Gasteiger partial charge >= 0.3 is 12.1 Å². The van der Waals surface area contributed by atoms with Crippen molar-refractivity contribution in [2.45, 2.75) is 65.3 Å². The van der Waals surface area contributed by atoms with Crippen molar-refractivity contribution >= 4 is 23.0 Å². The second kappa shape index (κ2) is 11.3. The van der Waals surface area contributed by atoms with E-state index in [-0.39, 0.29) is 30.3 Å². The molecule has 1 amide bonds. The van der Waals surface area contributed by atoms with Crippen LogP contribution in [0.4, 0.5) is 9.18 Å². The molecular weight excluding hydrogens is 473 g/mol. The van der Waals surface area contributed by atoms with E-state index in [1.54, 1.807) is 24.0 Å². The van der Waals surface area contributed by atoms with E-state index in [1.807, 2.05) is 32.9 Å². The highest BCUT2D eigenvalue weighted by atomic mass is 19.1. The number of hydrogen-bond acceptors (Lipinski definition) is 5. The van der Waals surface area contributed by atoms with Crippen molar-refractivity contribution in [3.8, 4) is 0 Å². The lowest BCUT2D eigenvalue weighted by molar-refractivity contribution is -0.143. The fourth-order valence-electron chi connectivity index (χ4n) is 4.83. The van der Waals surface area contributed by atoms with Crippen LogP contribution in [0, 0.1) is 5.82 Å². The second-order valence-electron chi connectivity index (χ2n) is 10.4. The van der Waals surface area contributed by atoms with Crippen LogP contribution in [0.25, 0.3) is 10.9 Å². The Kier molecular flexibility index (Phi) is 8.17. The minimum Gasteiger partial charge on any atom is -0.466 e. The van der Waals surface area contributed by atoms with Gasteiger partial charge in [0.05, 0.1) is 25.6 Å². The number of nitrogens with one attached hydrogen (secondary N) is 1. The number of ether oxygens (including phenoxy) is 2. The first-order valence-corrected chi connectivity index (χ1v) is 12.9. The molecule has 0 bridgehead atoms. The van der Waals surface area contributed by atoms with Crippen LogP contribution in [-0.2, 0) is 33.8 Å². The van der Waals surface area contributed by atoms with Gasteiger partial charge in [-0.05, 0) is 63.4 Å². The predicted molar refractivity (Wildman–Crippen MR) is 141 cm³/mol. The summed E-state index contributed by atoms with van der Waals surface area (Å²) < 4.78 is 26.5. The number of amides is 1. The summed E-state index contributed by atoms with van der Waals surface area (Å²) in [7, 11) is 0. The van der Waals surface area contributed by atoms with E-state index in [4.69, 9.17) is 9.47 Å². The highest BCUT2D eigenvalue weighted by Gasteiger charge is 2.35. The zero-order valence-corrected chi connectivity index (χ0v) is 22.1. The van der Waals surface area contributed by atoms with Gasteiger partial charge in [0.15, 0.2) is 0 Å². The lowest BCUT2D eigenvalue weighted by Crippen LogP contribution is -2.51. The summed E-state index contributed by atoms with van der Waals surface area (Å²) in [6.45, 7) is 9.68. The van der Waals surface area contributed by atoms with E-state index in [0.717, 1.165) is 22.2 Å². The van der Waals surface area contributed by atoms with Crippen LogP contribution in [-0.4, -0.2) is 52.9 Å². The molecule has 1 aliphatic heterocycles. The highest BCUT2D eigenvalue weighted by molar-refractivity contribution is 5.86. The van der Waals surface area contributed by atoms with E-state index in [1.165, 1.54) is 17.7 Å². The highest BCUT2D eigenvalue weighted by Crippen LogP contribution is 2.34. The number of nitrogens with zero attached hydrogens (tertiary/aromatic N) is 2. The van der Waals surface area contributed by atoms with Crippen molar-refractivity contribution in [1.29, 1.82) is 0 Å². The third-order valence-corrected chi connectivity index (χ3v) is 6.47. The Morgan fingerprint density at radius 1 is 1.11 bits per heavy atom. The zero-order valence-electron chi connectivity index (χ0n) is 22.1. The zero-order chi connectivity index (χ0) is 26.6. The Bertz CT molecular complexity index is 1250. The maximum absolute atomic E-state index is 13.5. The van der Waals surface area contributed by atoms with Crippen molar-refractivity contribution in [3.63, 3.8) is 0 Å². The van der Waals surface area contributed by atoms with Crippen molar-refractivity contribution in [2.75, 3.05) is 19.7 Å². The molecule has 37 heavy (non-hydrogen) atoms. The number of esters is 1. The molecule has 4 rings (SSSR count). The number of rotatable bonds is 8. The van der Waals surface area contributed by atoms with E-state index >= 15 is 0 Å². The fraction of sp³-hybridized carbons (Fsp3) is 0.448. The molecule has 198 valence electrons. The lowest BCUT2D eigenvalue weighted by atomic mass is 9.96. The summed E-state index contributed by atoms with van der Waals surface area (Å²) >= 11 is 0. The standard InChI is InChI=1S/C29H36FN3O4/c1-5-36-27(34)14-15-31-17-22-16-24-23-8-6-7-9-25(23)33(18-20-10-12-21(30)13-11-20)26(24)19-32(22)28(35)37-29(2,3)4/h6-13,22,31H,5,14-19H2,1-4H3. The summed E-state index contributed by atoms with van der Waals surface area (Å²) in [5.74, 6) is -0.508. The van der Waals surface area contributed by atoms with Crippen molar-refractivity contribution in [1.82, 2.24) is 14.8 Å². The summed E-state index contributed by atoms with van der Waals surface area (Å²) in [4.78, 5) is 26.9. The number of hydrogen-bond donors (Lipinski definition) is 1. The van der Waals surface area contributed by atoms with Crippen LogP contribution in [0.3, 0.4) is 0 Å². The molecule has 1 aliphatic rings. The van der Waals surface area contributed by atoms with E-state index < -0.39 is 5.60 Å². The number of para-hydroxylation sites is 1. The quantitative estimate of drug-likeness (QED) is 0.341. The summed E-state index contributed by atoms with van der Waals surface area (Å²) in [6, 6.07) is 14.6. The van der Waals surface area contributed by atoms with Crippen molar-refractivity contribution in [2.24, 2.45) is 0 Å². The first-order valence-electron chi connectivity index (χ1n) is 12.9. The number of benzene rings is 2. The van der Waals surface area contributed by atoms with Gasteiger partial charge in [-0.25, -0.2) is 9.18 Å². The summed E-state index contributed by atoms with van der Waals surface area (Å²) in [5, 5.41) is 4.48. The molecule has 0 radical (unpaired) electrons. The van der Waals surface area contributed by atoms with Crippen LogP contribution in [0.5, 0.6) is 0 Å². The smallest absolute Gasteiger partial charge is 0.410 e. The Hall–Kier alpha value is -3.39. The van der Waals surface area contributed by atoms with Gasteiger partial charge in [0, 0.05) is 36.2 Å². The van der Waals surface area contributed by atoms with E-state index in [0.29, 0.717) is 39.2 Å². The molecule has 8 heteroatoms. The maximum Gasteiger partial charge on any atom is 0.410 e. The molecule has 1 atom stereocenters. The average Bonchev–Trinajstić information content (AvgIpc) is 3.14. The van der Waals surface area contributed by atoms with Gasteiger partial charge in [-0.15, -0.1) is 0 Å². The topological polar surface area (TPSA) is 72.8 Å². The first-order chi connectivity index (χ1) is 17.7. The third-order valence-electron chi connectivity index (χ3n) is 6.47. The van der Waals surface area contributed by atoms with E-state index in [9.17, 15) is 14.0 Å². The number of aromatic nitrogens is 1. The minimum atomic E-state index is -0.625. The Balaban J connectivity index is 1.64. The van der Waals surface area contributed by atoms with Gasteiger partial charge in [-0.1, -0.05) is 30.3 Å². The largest absolute Gasteiger partial charge is 0.466 e. The summed E-state index contributed by atoms with van der Waals surface area (Å²) in [5.41, 5.74) is 3.70. The first kappa shape index (κ1) is 26.7. The van der Waals surface area contributed by atoms with Gasteiger partial charge in [0.2, 0.25) is 0 Å². The molecule has 7 nitrogen and oxygen atoms in total.